The molecule has 1 fully saturated rings. The van der Waals surface area contributed by atoms with Crippen LogP contribution < -0.4 is 15.5 Å². The lowest BCUT2D eigenvalue weighted by Crippen LogP contribution is -2.38. The first kappa shape index (κ1) is 23.4. The highest BCUT2D eigenvalue weighted by molar-refractivity contribution is 7.16. The number of carbonyl (C=O) groups is 2. The SMILES string of the molecule is CN(Cc1csc(NC(=O)NCc2ccc(Cl)s2)n1)C(=O)c1cccnc1N1CCOCC1. The number of anilines is 2. The summed E-state index contributed by atoms with van der Waals surface area (Å²) in [5.41, 5.74) is 1.23. The third-order valence-electron chi connectivity index (χ3n) is 4.90. The number of pyridine rings is 1. The monoisotopic (exact) mass is 506 g/mol. The fourth-order valence-corrected chi connectivity index (χ4v) is 5.03. The minimum Gasteiger partial charge on any atom is -0.378 e. The molecule has 12 heteroatoms. The third kappa shape index (κ3) is 6.20. The molecule has 0 aromatic carbocycles. The van der Waals surface area contributed by atoms with Crippen LogP contribution in [0.4, 0.5) is 15.7 Å². The first-order valence-electron chi connectivity index (χ1n) is 10.3. The predicted molar refractivity (Wildman–Crippen MR) is 130 cm³/mol. The molecule has 33 heavy (non-hydrogen) atoms. The summed E-state index contributed by atoms with van der Waals surface area (Å²) in [6, 6.07) is 6.86. The fraction of sp³-hybridized carbons (Fsp3) is 0.333. The number of nitrogens with one attached hydrogen (secondary N) is 2. The van der Waals surface area contributed by atoms with Gasteiger partial charge in [0.25, 0.3) is 5.91 Å². The van der Waals surface area contributed by atoms with Gasteiger partial charge in [-0.05, 0) is 24.3 Å². The smallest absolute Gasteiger partial charge is 0.321 e. The van der Waals surface area contributed by atoms with Crippen LogP contribution in [0.2, 0.25) is 4.34 Å². The van der Waals surface area contributed by atoms with Crippen LogP contribution >= 0.6 is 34.3 Å². The summed E-state index contributed by atoms with van der Waals surface area (Å²) < 4.78 is 6.08. The van der Waals surface area contributed by atoms with Crippen molar-refractivity contribution in [1.29, 1.82) is 0 Å². The molecule has 0 bridgehead atoms. The Morgan fingerprint density at radius 3 is 2.85 bits per heavy atom. The average molecular weight is 507 g/mol. The van der Waals surface area contributed by atoms with E-state index >= 15 is 0 Å². The maximum absolute atomic E-state index is 13.1. The van der Waals surface area contributed by atoms with Gasteiger partial charge in [-0.1, -0.05) is 11.6 Å². The highest BCUT2D eigenvalue weighted by Crippen LogP contribution is 2.23. The second-order valence-electron chi connectivity index (χ2n) is 7.29. The number of ether oxygens (including phenoxy) is 1. The first-order chi connectivity index (χ1) is 16.0. The van der Waals surface area contributed by atoms with Crippen LogP contribution in [0.15, 0.2) is 35.8 Å². The van der Waals surface area contributed by atoms with Gasteiger partial charge in [-0.25, -0.2) is 14.8 Å². The Morgan fingerprint density at radius 1 is 1.27 bits per heavy atom. The van der Waals surface area contributed by atoms with E-state index in [1.807, 2.05) is 11.4 Å². The number of morpholine rings is 1. The number of thiazole rings is 1. The zero-order valence-electron chi connectivity index (χ0n) is 17.9. The largest absolute Gasteiger partial charge is 0.378 e. The number of halogens is 1. The van der Waals surface area contributed by atoms with Crippen molar-refractivity contribution in [2.45, 2.75) is 13.1 Å². The number of amides is 3. The van der Waals surface area contributed by atoms with Crippen LogP contribution in [0, 0.1) is 0 Å². The number of carbonyl (C=O) groups excluding carboxylic acids is 2. The number of hydrogen-bond donors (Lipinski definition) is 2. The zero-order valence-corrected chi connectivity index (χ0v) is 20.3. The molecule has 0 saturated carbocycles. The van der Waals surface area contributed by atoms with E-state index in [9.17, 15) is 9.59 Å². The normalized spacial score (nSPS) is 13.6. The topological polar surface area (TPSA) is 99.7 Å². The van der Waals surface area contributed by atoms with Crippen LogP contribution in [0.1, 0.15) is 20.9 Å². The molecule has 0 aliphatic carbocycles. The van der Waals surface area contributed by atoms with Crippen molar-refractivity contribution in [2.24, 2.45) is 0 Å². The maximum atomic E-state index is 13.1. The summed E-state index contributed by atoms with van der Waals surface area (Å²) in [5, 5.41) is 7.78. The summed E-state index contributed by atoms with van der Waals surface area (Å²) in [5.74, 6) is 0.529. The van der Waals surface area contributed by atoms with Crippen LogP contribution in [-0.4, -0.2) is 60.2 Å². The average Bonchev–Trinajstić information content (AvgIpc) is 3.46. The van der Waals surface area contributed by atoms with E-state index in [1.165, 1.54) is 22.7 Å². The van der Waals surface area contributed by atoms with E-state index in [4.69, 9.17) is 16.3 Å². The zero-order chi connectivity index (χ0) is 23.2. The van der Waals surface area contributed by atoms with Crippen molar-refractivity contribution in [3.8, 4) is 0 Å². The van der Waals surface area contributed by atoms with Crippen molar-refractivity contribution >= 4 is 57.2 Å². The second-order valence-corrected chi connectivity index (χ2v) is 9.95. The van der Waals surface area contributed by atoms with Gasteiger partial charge >= 0.3 is 6.03 Å². The second kappa shape index (κ2) is 10.9. The lowest BCUT2D eigenvalue weighted by atomic mass is 10.2. The summed E-state index contributed by atoms with van der Waals surface area (Å²) in [6.45, 7) is 3.32. The van der Waals surface area contributed by atoms with E-state index < -0.39 is 0 Å². The number of hydrogen-bond acceptors (Lipinski definition) is 8. The Hall–Kier alpha value is -2.73. The van der Waals surface area contributed by atoms with Crippen molar-refractivity contribution in [3.63, 3.8) is 0 Å². The molecule has 3 aromatic heterocycles. The summed E-state index contributed by atoms with van der Waals surface area (Å²) in [7, 11) is 1.73. The van der Waals surface area contributed by atoms with Crippen LogP contribution in [0.3, 0.4) is 0 Å². The van der Waals surface area contributed by atoms with E-state index in [1.54, 1.807) is 36.3 Å². The third-order valence-corrected chi connectivity index (χ3v) is 6.94. The molecule has 1 aliphatic heterocycles. The molecule has 1 saturated heterocycles. The van der Waals surface area contributed by atoms with Crippen LogP contribution in [-0.2, 0) is 17.8 Å². The van der Waals surface area contributed by atoms with Crippen LogP contribution in [0.5, 0.6) is 0 Å². The van der Waals surface area contributed by atoms with Gasteiger partial charge in [0.1, 0.15) is 5.82 Å². The minimum absolute atomic E-state index is 0.139. The van der Waals surface area contributed by atoms with E-state index in [-0.39, 0.29) is 11.9 Å². The van der Waals surface area contributed by atoms with Gasteiger partial charge in [-0.2, -0.15) is 0 Å². The highest BCUT2D eigenvalue weighted by Gasteiger charge is 2.22. The molecular weight excluding hydrogens is 484 g/mol. The van der Waals surface area contributed by atoms with Crippen molar-refractivity contribution in [3.05, 3.63) is 56.3 Å². The van der Waals surface area contributed by atoms with Gasteiger partial charge in [-0.15, -0.1) is 22.7 Å². The predicted octanol–water partition coefficient (Wildman–Crippen LogP) is 3.68. The lowest BCUT2D eigenvalue weighted by molar-refractivity contribution is 0.0782. The summed E-state index contributed by atoms with van der Waals surface area (Å²) in [4.78, 5) is 38.8. The van der Waals surface area contributed by atoms with Gasteiger partial charge in [0.15, 0.2) is 5.13 Å². The van der Waals surface area contributed by atoms with E-state index in [2.05, 4.69) is 25.5 Å². The lowest BCUT2D eigenvalue weighted by Gasteiger charge is -2.29. The van der Waals surface area contributed by atoms with Crippen molar-refractivity contribution in [1.82, 2.24) is 20.2 Å². The quantitative estimate of drug-likeness (QED) is 0.507. The molecule has 0 spiro atoms. The van der Waals surface area contributed by atoms with Gasteiger partial charge in [0.2, 0.25) is 0 Å². The molecule has 4 rings (SSSR count). The molecule has 4 heterocycles. The molecule has 174 valence electrons. The Kier molecular flexibility index (Phi) is 7.76. The van der Waals surface area contributed by atoms with Gasteiger partial charge < -0.3 is 19.9 Å². The Labute approximate surface area is 204 Å². The number of nitrogens with zero attached hydrogens (tertiary/aromatic N) is 4. The summed E-state index contributed by atoms with van der Waals surface area (Å²) >= 11 is 8.62. The Morgan fingerprint density at radius 2 is 2.09 bits per heavy atom. The van der Waals surface area contributed by atoms with Gasteiger partial charge in [0, 0.05) is 36.6 Å². The van der Waals surface area contributed by atoms with Gasteiger partial charge in [0.05, 0.1) is 41.9 Å². The Balaban J connectivity index is 1.33. The molecule has 3 amide bonds. The molecule has 0 unspecified atom stereocenters. The van der Waals surface area contributed by atoms with E-state index in [0.29, 0.717) is 65.9 Å². The number of rotatable bonds is 7. The Bertz CT molecular complexity index is 1110. The molecular formula is C21H23ClN6O3S2. The molecule has 0 atom stereocenters. The number of aromatic nitrogens is 2. The van der Waals surface area contributed by atoms with E-state index in [0.717, 1.165) is 4.88 Å². The number of urea groups is 1. The summed E-state index contributed by atoms with van der Waals surface area (Å²) in [6.07, 6.45) is 1.69. The minimum atomic E-state index is -0.352. The molecule has 2 N–H and O–H groups in total. The molecule has 0 radical (unpaired) electrons. The number of thiophene rings is 1. The van der Waals surface area contributed by atoms with Gasteiger partial charge in [-0.3, -0.25) is 10.1 Å². The standard InChI is InChI=1S/C21H23ClN6O3S2/c1-27(19(29)16-3-2-6-23-18(16)28-7-9-31-10-8-28)12-14-13-32-21(25-14)26-20(30)24-11-15-4-5-17(22)33-15/h2-6,13H,7-12H2,1H3,(H2,24,25,26,30). The molecule has 9 nitrogen and oxygen atoms in total. The molecule has 1 aliphatic rings. The molecule has 3 aromatic rings. The maximum Gasteiger partial charge on any atom is 0.321 e. The van der Waals surface area contributed by atoms with Crippen LogP contribution in [0.25, 0.3) is 0 Å². The highest BCUT2D eigenvalue weighted by atomic mass is 35.5. The first-order valence-corrected chi connectivity index (χ1v) is 12.3. The van der Waals surface area contributed by atoms with Crippen molar-refractivity contribution in [2.75, 3.05) is 43.6 Å². The fourth-order valence-electron chi connectivity index (χ4n) is 3.30. The van der Waals surface area contributed by atoms with Crippen molar-refractivity contribution < 1.29 is 14.3 Å².